The summed E-state index contributed by atoms with van der Waals surface area (Å²) in [5.74, 6) is -1.95. The monoisotopic (exact) mass is 481 g/mol. The largest absolute Gasteiger partial charge is 0.299 e. The average molecular weight is 482 g/mol. The normalized spacial score (nSPS) is 20.6. The Bertz CT molecular complexity index is 1360. The molecule has 0 N–H and O–H groups in total. The van der Waals surface area contributed by atoms with Crippen LogP contribution < -0.4 is 0 Å². The first kappa shape index (κ1) is 23.7. The zero-order chi connectivity index (χ0) is 24.8. The minimum Gasteiger partial charge on any atom is -0.299 e. The number of ketones is 3. The number of rotatable bonds is 6. The molecule has 1 fully saturated rings. The Morgan fingerprint density at radius 1 is 0.971 bits per heavy atom. The van der Waals surface area contributed by atoms with Crippen molar-refractivity contribution in [1.29, 1.82) is 0 Å². The minimum absolute atomic E-state index is 0.107. The second kappa shape index (κ2) is 8.39. The molecule has 1 atom stereocenters. The van der Waals surface area contributed by atoms with Crippen LogP contribution in [-0.2, 0) is 25.8 Å². The first-order valence-electron chi connectivity index (χ1n) is 10.8. The fourth-order valence-corrected chi connectivity index (χ4v) is 5.03. The van der Waals surface area contributed by atoms with E-state index in [2.05, 4.69) is 0 Å². The molecule has 0 unspecified atom stereocenters. The van der Waals surface area contributed by atoms with Crippen LogP contribution in [0.25, 0.3) is 0 Å². The van der Waals surface area contributed by atoms with Crippen LogP contribution in [0.4, 0.5) is 0 Å². The predicted octanol–water partition coefficient (Wildman–Crippen LogP) is 2.58. The molecule has 9 heteroatoms. The van der Waals surface area contributed by atoms with E-state index < -0.39 is 33.0 Å². The van der Waals surface area contributed by atoms with Crippen molar-refractivity contribution >= 4 is 39.0 Å². The summed E-state index contributed by atoms with van der Waals surface area (Å²) in [6.45, 7) is 1.53. The summed E-state index contributed by atoms with van der Waals surface area (Å²) in [7, 11) is -3.35. The Labute approximate surface area is 196 Å². The number of benzene rings is 2. The summed E-state index contributed by atoms with van der Waals surface area (Å²) in [6.07, 6.45) is 1.48. The van der Waals surface area contributed by atoms with Gasteiger partial charge in [-0.1, -0.05) is 18.2 Å². The average Bonchev–Trinajstić information content (AvgIpc) is 3.04. The maximum Gasteiger partial charge on any atom is 0.262 e. The second-order valence-corrected chi connectivity index (χ2v) is 11.0. The van der Waals surface area contributed by atoms with E-state index in [0.717, 1.165) is 11.2 Å². The standard InChI is InChI=1S/C25H23NO7S/c1-25(12-11-17(27)14-22(25)29)26-23(30)19-9-3-15(13-20(19)24(26)31)4-10-21(28)16-5-7-18(8-6-16)34(2,32)33/h3,5-9,13H,4,10-12,14H2,1-2H3/t25-/m0/s1. The smallest absolute Gasteiger partial charge is 0.262 e. The fourth-order valence-electron chi connectivity index (χ4n) is 4.40. The van der Waals surface area contributed by atoms with Crippen molar-refractivity contribution in [2.75, 3.05) is 6.26 Å². The maximum absolute atomic E-state index is 13.1. The third-order valence-corrected chi connectivity index (χ3v) is 7.67. The van der Waals surface area contributed by atoms with Gasteiger partial charge in [-0.15, -0.1) is 0 Å². The van der Waals surface area contributed by atoms with Gasteiger partial charge in [-0.25, -0.2) is 8.42 Å². The molecule has 2 aromatic carbocycles. The van der Waals surface area contributed by atoms with Crippen LogP contribution in [0, 0.1) is 0 Å². The molecule has 2 aromatic rings. The van der Waals surface area contributed by atoms with Crippen molar-refractivity contribution in [2.24, 2.45) is 0 Å². The van der Waals surface area contributed by atoms with E-state index in [-0.39, 0.29) is 53.3 Å². The molecule has 1 aliphatic carbocycles. The molecule has 1 saturated carbocycles. The number of carbonyl (C=O) groups is 5. The molecule has 34 heavy (non-hydrogen) atoms. The summed E-state index contributed by atoms with van der Waals surface area (Å²) >= 11 is 0. The molecule has 1 aliphatic heterocycles. The number of amides is 2. The summed E-state index contributed by atoms with van der Waals surface area (Å²) < 4.78 is 23.1. The summed E-state index contributed by atoms with van der Waals surface area (Å²) in [4.78, 5) is 63.9. The number of hydrogen-bond donors (Lipinski definition) is 0. The van der Waals surface area contributed by atoms with Crippen molar-refractivity contribution in [1.82, 2.24) is 4.90 Å². The Morgan fingerprint density at radius 2 is 1.62 bits per heavy atom. The van der Waals surface area contributed by atoms with Crippen LogP contribution in [0.15, 0.2) is 47.4 Å². The number of fused-ring (bicyclic) bond motifs is 1. The molecule has 2 aliphatic rings. The first-order chi connectivity index (χ1) is 15.9. The maximum atomic E-state index is 13.1. The molecule has 2 amide bonds. The lowest BCUT2D eigenvalue weighted by Gasteiger charge is -2.38. The van der Waals surface area contributed by atoms with Gasteiger partial charge in [0.15, 0.2) is 21.4 Å². The first-order valence-corrected chi connectivity index (χ1v) is 12.7. The van der Waals surface area contributed by atoms with Gasteiger partial charge in [-0.3, -0.25) is 28.9 Å². The zero-order valence-corrected chi connectivity index (χ0v) is 19.6. The second-order valence-electron chi connectivity index (χ2n) is 8.96. The number of sulfone groups is 1. The summed E-state index contributed by atoms with van der Waals surface area (Å²) in [5, 5.41) is 0. The van der Waals surface area contributed by atoms with Gasteiger partial charge in [0.25, 0.3) is 11.8 Å². The van der Waals surface area contributed by atoms with Crippen molar-refractivity contribution < 1.29 is 32.4 Å². The molecule has 0 aromatic heterocycles. The molecule has 4 rings (SSSR count). The van der Waals surface area contributed by atoms with Crippen LogP contribution in [-0.4, -0.2) is 54.3 Å². The van der Waals surface area contributed by atoms with E-state index in [1.54, 1.807) is 12.1 Å². The van der Waals surface area contributed by atoms with Crippen LogP contribution in [0.3, 0.4) is 0 Å². The third kappa shape index (κ3) is 4.11. The van der Waals surface area contributed by atoms with Gasteiger partial charge < -0.3 is 0 Å². The zero-order valence-electron chi connectivity index (χ0n) is 18.8. The van der Waals surface area contributed by atoms with Crippen molar-refractivity contribution in [3.8, 4) is 0 Å². The Hall–Kier alpha value is -3.46. The van der Waals surface area contributed by atoms with Crippen molar-refractivity contribution in [3.63, 3.8) is 0 Å². The van der Waals surface area contributed by atoms with E-state index >= 15 is 0 Å². The Balaban J connectivity index is 1.50. The number of Topliss-reactive ketones (excluding diaryl/α,β-unsaturated/α-hetero) is 3. The summed E-state index contributed by atoms with van der Waals surface area (Å²) in [5.41, 5.74) is 0.0817. The number of carbonyl (C=O) groups excluding carboxylic acids is 5. The van der Waals surface area contributed by atoms with Gasteiger partial charge in [-0.2, -0.15) is 0 Å². The summed E-state index contributed by atoms with van der Waals surface area (Å²) in [6, 6.07) is 10.5. The Kier molecular flexibility index (Phi) is 5.85. The highest BCUT2D eigenvalue weighted by molar-refractivity contribution is 7.90. The molecule has 0 spiro atoms. The minimum atomic E-state index is -3.35. The van der Waals surface area contributed by atoms with Crippen molar-refractivity contribution in [2.45, 2.75) is 49.5 Å². The number of nitrogens with zero attached hydrogens (tertiary/aromatic N) is 1. The number of aryl methyl sites for hydroxylation is 1. The van der Waals surface area contributed by atoms with Crippen LogP contribution in [0.1, 0.15) is 69.2 Å². The molecular formula is C25H23NO7S. The van der Waals surface area contributed by atoms with Gasteiger partial charge in [0.05, 0.1) is 22.4 Å². The molecular weight excluding hydrogens is 458 g/mol. The third-order valence-electron chi connectivity index (χ3n) is 6.54. The highest BCUT2D eigenvalue weighted by Gasteiger charge is 2.52. The molecule has 0 bridgehead atoms. The lowest BCUT2D eigenvalue weighted by Crippen LogP contribution is -2.57. The fraction of sp³-hybridized carbons (Fsp3) is 0.320. The lowest BCUT2D eigenvalue weighted by molar-refractivity contribution is -0.137. The van der Waals surface area contributed by atoms with Gasteiger partial charge in [0, 0.05) is 24.7 Å². The predicted molar refractivity (Wildman–Crippen MR) is 121 cm³/mol. The number of hydrogen-bond acceptors (Lipinski definition) is 7. The van der Waals surface area contributed by atoms with Crippen LogP contribution >= 0.6 is 0 Å². The van der Waals surface area contributed by atoms with Gasteiger partial charge in [0.2, 0.25) is 0 Å². The SMILES string of the molecule is C[C@]1(N2C(=O)c3ccc(CCC(=O)c4ccc(S(C)(=O)=O)cc4)cc3C2=O)CCC(=O)CC1=O. The quantitative estimate of drug-likeness (QED) is 0.353. The van der Waals surface area contributed by atoms with E-state index in [1.165, 1.54) is 37.3 Å². The molecule has 1 heterocycles. The van der Waals surface area contributed by atoms with Crippen molar-refractivity contribution in [3.05, 3.63) is 64.7 Å². The van der Waals surface area contributed by atoms with Gasteiger partial charge in [-0.05, 0) is 49.6 Å². The van der Waals surface area contributed by atoms with Crippen LogP contribution in [0.5, 0.6) is 0 Å². The molecule has 0 radical (unpaired) electrons. The number of imide groups is 1. The molecule has 0 saturated heterocycles. The molecule has 176 valence electrons. The van der Waals surface area contributed by atoms with Gasteiger partial charge >= 0.3 is 0 Å². The van der Waals surface area contributed by atoms with Crippen LogP contribution in [0.2, 0.25) is 0 Å². The highest BCUT2D eigenvalue weighted by Crippen LogP contribution is 2.36. The lowest BCUT2D eigenvalue weighted by atomic mass is 9.80. The Morgan fingerprint density at radius 3 is 2.24 bits per heavy atom. The van der Waals surface area contributed by atoms with E-state index in [0.29, 0.717) is 17.5 Å². The van der Waals surface area contributed by atoms with Gasteiger partial charge in [0.1, 0.15) is 11.3 Å². The van der Waals surface area contributed by atoms with E-state index in [1.807, 2.05) is 0 Å². The molecule has 8 nitrogen and oxygen atoms in total. The highest BCUT2D eigenvalue weighted by atomic mass is 32.2. The van der Waals surface area contributed by atoms with E-state index in [4.69, 9.17) is 0 Å². The topological polar surface area (TPSA) is 123 Å². The van der Waals surface area contributed by atoms with E-state index in [9.17, 15) is 32.4 Å².